The predicted molar refractivity (Wildman–Crippen MR) is 35.0 cm³/mol. The molecule has 0 unspecified atom stereocenters. The Bertz CT molecular complexity index is 168. The lowest BCUT2D eigenvalue weighted by molar-refractivity contribution is 0.000879. The van der Waals surface area contributed by atoms with Gasteiger partial charge in [0.1, 0.15) is 12.5 Å². The topological polar surface area (TPSA) is 21.7 Å². The molecule has 0 aromatic rings. The van der Waals surface area contributed by atoms with E-state index >= 15 is 0 Å². The molecule has 3 nitrogen and oxygen atoms in total. The smallest absolute Gasteiger partial charge is 0.432 e. The van der Waals surface area contributed by atoms with Gasteiger partial charge in [-0.05, 0) is 6.42 Å². The Morgan fingerprint density at radius 1 is 1.30 bits per heavy atom. The zero-order valence-corrected chi connectivity index (χ0v) is 5.49. The monoisotopic (exact) mass is 138 g/mol. The molecule has 2 rings (SSSR count). The van der Waals surface area contributed by atoms with Crippen molar-refractivity contribution in [1.29, 1.82) is 0 Å². The van der Waals surface area contributed by atoms with Crippen molar-refractivity contribution in [1.82, 2.24) is 4.90 Å². The predicted octanol–water partition coefficient (Wildman–Crippen LogP) is 1.17. The van der Waals surface area contributed by atoms with Crippen molar-refractivity contribution in [3.05, 3.63) is 31.2 Å². The first kappa shape index (κ1) is 5.65. The molecule has 0 amide bonds. The second-order valence-electron chi connectivity index (χ2n) is 2.14. The molecule has 2 aliphatic heterocycles. The highest BCUT2D eigenvalue weighted by Crippen LogP contribution is 2.21. The van der Waals surface area contributed by atoms with Crippen molar-refractivity contribution in [2.75, 3.05) is 6.54 Å². The molecular weight excluding hydrogens is 130 g/mol. The highest BCUT2D eigenvalue weighted by atomic mass is 16.7. The Kier molecular flexibility index (Phi) is 1.27. The van der Waals surface area contributed by atoms with Crippen LogP contribution in [0.4, 0.5) is 0 Å². The number of ether oxygens (including phenoxy) is 2. The third-order valence-electron chi connectivity index (χ3n) is 1.45. The maximum Gasteiger partial charge on any atom is 0.443 e. The van der Waals surface area contributed by atoms with Gasteiger partial charge >= 0.3 is 6.41 Å². The van der Waals surface area contributed by atoms with Gasteiger partial charge in [-0.1, -0.05) is 6.08 Å². The van der Waals surface area contributed by atoms with Crippen molar-refractivity contribution < 1.29 is 9.47 Å². The zero-order chi connectivity index (χ0) is 6.81. The summed E-state index contributed by atoms with van der Waals surface area (Å²) in [7, 11) is 0. The van der Waals surface area contributed by atoms with E-state index in [9.17, 15) is 0 Å². The second-order valence-corrected chi connectivity index (χ2v) is 2.14. The largest absolute Gasteiger partial charge is 0.443 e. The summed E-state index contributed by atoms with van der Waals surface area (Å²) in [6, 6.07) is 0. The van der Waals surface area contributed by atoms with Crippen LogP contribution >= 0.6 is 0 Å². The van der Waals surface area contributed by atoms with Crippen LogP contribution < -0.4 is 0 Å². The SMILES string of the molecule is C1=CN([C]2OC=CO2)CC1. The fourth-order valence-electron chi connectivity index (χ4n) is 0.977. The van der Waals surface area contributed by atoms with Crippen molar-refractivity contribution in [2.24, 2.45) is 0 Å². The van der Waals surface area contributed by atoms with Gasteiger partial charge in [0.05, 0.1) is 0 Å². The summed E-state index contributed by atoms with van der Waals surface area (Å²) in [5.41, 5.74) is 0. The summed E-state index contributed by atoms with van der Waals surface area (Å²) < 4.78 is 10.1. The van der Waals surface area contributed by atoms with Crippen LogP contribution in [0.3, 0.4) is 0 Å². The van der Waals surface area contributed by atoms with E-state index in [-0.39, 0.29) is 0 Å². The van der Waals surface area contributed by atoms with Crippen LogP contribution in [0.25, 0.3) is 0 Å². The molecule has 0 atom stereocenters. The Labute approximate surface area is 59.5 Å². The molecule has 0 aromatic carbocycles. The molecule has 0 bridgehead atoms. The van der Waals surface area contributed by atoms with Gasteiger partial charge < -0.3 is 9.47 Å². The second kappa shape index (κ2) is 2.25. The van der Waals surface area contributed by atoms with E-state index in [2.05, 4.69) is 6.08 Å². The molecule has 0 N–H and O–H groups in total. The Morgan fingerprint density at radius 2 is 2.10 bits per heavy atom. The summed E-state index contributed by atoms with van der Waals surface area (Å²) in [6.07, 6.45) is 8.73. The maximum absolute atomic E-state index is 5.03. The lowest BCUT2D eigenvalue weighted by Crippen LogP contribution is -2.21. The number of nitrogens with zero attached hydrogens (tertiary/aromatic N) is 1. The normalized spacial score (nSPS) is 23.4. The molecule has 0 spiro atoms. The van der Waals surface area contributed by atoms with E-state index in [4.69, 9.17) is 9.47 Å². The molecule has 0 saturated heterocycles. The lowest BCUT2D eigenvalue weighted by atomic mass is 10.5. The Balaban J connectivity index is 1.93. The van der Waals surface area contributed by atoms with E-state index in [0.29, 0.717) is 6.41 Å². The highest BCUT2D eigenvalue weighted by Gasteiger charge is 2.24. The molecule has 3 heteroatoms. The molecule has 0 aliphatic carbocycles. The first-order valence-corrected chi connectivity index (χ1v) is 3.25. The van der Waals surface area contributed by atoms with Crippen LogP contribution in [0.15, 0.2) is 24.8 Å². The van der Waals surface area contributed by atoms with Gasteiger partial charge in [-0.3, -0.25) is 4.90 Å². The lowest BCUT2D eigenvalue weighted by Gasteiger charge is -2.17. The summed E-state index contributed by atoms with van der Waals surface area (Å²) in [6.45, 7) is 0.955. The van der Waals surface area contributed by atoms with Crippen molar-refractivity contribution >= 4 is 0 Å². The van der Waals surface area contributed by atoms with Crippen molar-refractivity contribution in [2.45, 2.75) is 6.42 Å². The number of hydrogen-bond donors (Lipinski definition) is 0. The average molecular weight is 138 g/mol. The molecule has 2 aliphatic rings. The first-order chi connectivity index (χ1) is 4.97. The van der Waals surface area contributed by atoms with Crippen molar-refractivity contribution in [3.63, 3.8) is 0 Å². The first-order valence-electron chi connectivity index (χ1n) is 3.25. The summed E-state index contributed by atoms with van der Waals surface area (Å²) in [5, 5.41) is 0. The molecule has 2 heterocycles. The van der Waals surface area contributed by atoms with Crippen molar-refractivity contribution in [3.8, 4) is 0 Å². The summed E-state index contributed by atoms with van der Waals surface area (Å²) >= 11 is 0. The minimum atomic E-state index is 0.564. The van der Waals surface area contributed by atoms with E-state index in [1.807, 2.05) is 11.1 Å². The molecule has 0 saturated carbocycles. The third kappa shape index (κ3) is 0.835. The van der Waals surface area contributed by atoms with Crippen LogP contribution in [0.2, 0.25) is 0 Å². The van der Waals surface area contributed by atoms with Crippen LogP contribution in [-0.2, 0) is 9.47 Å². The van der Waals surface area contributed by atoms with Crippen LogP contribution in [0.1, 0.15) is 6.42 Å². The van der Waals surface area contributed by atoms with E-state index in [0.717, 1.165) is 13.0 Å². The van der Waals surface area contributed by atoms with E-state index in [1.165, 1.54) is 12.5 Å². The molecule has 0 aromatic heterocycles. The summed E-state index contributed by atoms with van der Waals surface area (Å²) in [5.74, 6) is 0. The van der Waals surface area contributed by atoms with Gasteiger partial charge in [-0.15, -0.1) is 0 Å². The van der Waals surface area contributed by atoms with Gasteiger partial charge in [-0.25, -0.2) is 0 Å². The Hall–Kier alpha value is -1.12. The van der Waals surface area contributed by atoms with E-state index < -0.39 is 0 Å². The minimum Gasteiger partial charge on any atom is -0.432 e. The van der Waals surface area contributed by atoms with Gasteiger partial charge in [-0.2, -0.15) is 0 Å². The number of hydrogen-bond acceptors (Lipinski definition) is 3. The fourth-order valence-corrected chi connectivity index (χ4v) is 0.977. The highest BCUT2D eigenvalue weighted by molar-refractivity contribution is 4.97. The van der Waals surface area contributed by atoms with Crippen LogP contribution in [-0.4, -0.2) is 11.4 Å². The number of rotatable bonds is 1. The van der Waals surface area contributed by atoms with Gasteiger partial charge in [0, 0.05) is 12.7 Å². The van der Waals surface area contributed by atoms with Gasteiger partial charge in [0.15, 0.2) is 0 Å². The van der Waals surface area contributed by atoms with Crippen LogP contribution in [0, 0.1) is 6.41 Å². The Morgan fingerprint density at radius 3 is 2.70 bits per heavy atom. The molecule has 10 heavy (non-hydrogen) atoms. The van der Waals surface area contributed by atoms with Gasteiger partial charge in [0.2, 0.25) is 0 Å². The standard InChI is InChI=1S/C7H8NO2/c1-2-4-8(3-1)7-9-5-6-10-7/h1,3,5-6H,2,4H2. The summed E-state index contributed by atoms with van der Waals surface area (Å²) in [4.78, 5) is 1.93. The minimum absolute atomic E-state index is 0.564. The molecule has 53 valence electrons. The van der Waals surface area contributed by atoms with Crippen LogP contribution in [0.5, 0.6) is 0 Å². The molecular formula is C7H8NO2. The van der Waals surface area contributed by atoms with Gasteiger partial charge in [0.25, 0.3) is 0 Å². The quantitative estimate of drug-likeness (QED) is 0.543. The zero-order valence-electron chi connectivity index (χ0n) is 5.49. The molecule has 1 radical (unpaired) electrons. The molecule has 0 fully saturated rings. The third-order valence-corrected chi connectivity index (χ3v) is 1.45. The average Bonchev–Trinajstić information content (AvgIpc) is 2.59. The van der Waals surface area contributed by atoms with E-state index in [1.54, 1.807) is 0 Å². The fraction of sp³-hybridized carbons (Fsp3) is 0.286. The maximum atomic E-state index is 5.03.